The van der Waals surface area contributed by atoms with Crippen LogP contribution >= 0.6 is 23.1 Å². The van der Waals surface area contributed by atoms with Crippen LogP contribution in [0.4, 0.5) is 5.13 Å². The summed E-state index contributed by atoms with van der Waals surface area (Å²) in [5, 5.41) is 12.0. The highest BCUT2D eigenvalue weighted by Gasteiger charge is 2.25. The monoisotopic (exact) mass is 408 g/mol. The van der Waals surface area contributed by atoms with Gasteiger partial charge in [-0.25, -0.2) is 0 Å². The highest BCUT2D eigenvalue weighted by atomic mass is 32.2. The van der Waals surface area contributed by atoms with Gasteiger partial charge >= 0.3 is 0 Å². The minimum absolute atomic E-state index is 0.0355. The third kappa shape index (κ3) is 4.59. The van der Waals surface area contributed by atoms with E-state index in [0.717, 1.165) is 41.2 Å². The number of nitrogens with one attached hydrogen (secondary N) is 2. The first-order valence-corrected chi connectivity index (χ1v) is 10.7. The van der Waals surface area contributed by atoms with Gasteiger partial charge in [-0.3, -0.25) is 9.59 Å². The fraction of sp³-hybridized carbons (Fsp3) is 0.556. The van der Waals surface area contributed by atoms with E-state index in [9.17, 15) is 9.59 Å². The van der Waals surface area contributed by atoms with Gasteiger partial charge in [0.05, 0.1) is 17.0 Å². The molecule has 0 amide bonds. The third-order valence-electron chi connectivity index (χ3n) is 4.59. The second-order valence-corrected chi connectivity index (χ2v) is 9.26. The molecule has 0 bridgehead atoms. The average Bonchev–Trinajstić information content (AvgIpc) is 3.33. The number of hydrogen-bond donors (Lipinski definition) is 2. The summed E-state index contributed by atoms with van der Waals surface area (Å²) in [5.41, 5.74) is 2.55. The summed E-state index contributed by atoms with van der Waals surface area (Å²) in [4.78, 5) is 27.7. The van der Waals surface area contributed by atoms with Crippen LogP contribution in [0.1, 0.15) is 58.8 Å². The lowest BCUT2D eigenvalue weighted by molar-refractivity contribution is 0.0988. The number of rotatable bonds is 8. The number of aryl methyl sites for hydroxylation is 1. The van der Waals surface area contributed by atoms with Crippen LogP contribution in [0.2, 0.25) is 0 Å². The summed E-state index contributed by atoms with van der Waals surface area (Å²) < 4.78 is 6.32. The average molecular weight is 409 g/mol. The molecule has 0 radical (unpaired) electrons. The van der Waals surface area contributed by atoms with E-state index in [1.165, 1.54) is 30.0 Å². The van der Waals surface area contributed by atoms with E-state index < -0.39 is 0 Å². The number of hydrogen-bond acceptors (Lipinski definition) is 8. The van der Waals surface area contributed by atoms with Crippen molar-refractivity contribution in [3.8, 4) is 0 Å². The summed E-state index contributed by atoms with van der Waals surface area (Å²) in [6, 6.07) is 0. The first kappa shape index (κ1) is 20.0. The molecule has 0 aromatic carbocycles. The lowest BCUT2D eigenvalue weighted by atomic mass is 10.0. The Morgan fingerprint density at radius 1 is 1.41 bits per heavy atom. The molecule has 0 unspecified atom stereocenters. The number of anilines is 1. The minimum Gasteiger partial charge on any atom is -0.376 e. The van der Waals surface area contributed by atoms with Crippen molar-refractivity contribution >= 4 is 39.8 Å². The summed E-state index contributed by atoms with van der Waals surface area (Å²) in [5.74, 6) is -0.0798. The van der Waals surface area contributed by atoms with Crippen LogP contribution in [-0.4, -0.2) is 51.3 Å². The van der Waals surface area contributed by atoms with Crippen LogP contribution in [0.3, 0.4) is 0 Å². The quantitative estimate of drug-likeness (QED) is 0.508. The van der Waals surface area contributed by atoms with Gasteiger partial charge in [0, 0.05) is 24.4 Å². The number of Topliss-reactive ketones (excluding diaryl/α,β-unsaturated/α-hetero) is 2. The zero-order valence-electron chi connectivity index (χ0n) is 15.9. The molecule has 2 aromatic heterocycles. The van der Waals surface area contributed by atoms with E-state index in [2.05, 4.69) is 20.5 Å². The van der Waals surface area contributed by atoms with E-state index in [4.69, 9.17) is 4.74 Å². The molecule has 0 aliphatic carbocycles. The maximum Gasteiger partial charge on any atom is 0.206 e. The topological polar surface area (TPSA) is 97.0 Å². The van der Waals surface area contributed by atoms with Crippen molar-refractivity contribution < 1.29 is 14.3 Å². The minimum atomic E-state index is -0.333. The molecule has 2 aromatic rings. The van der Waals surface area contributed by atoms with Gasteiger partial charge in [0.25, 0.3) is 0 Å². The molecule has 1 saturated heterocycles. The third-order valence-corrected chi connectivity index (χ3v) is 6.66. The molecule has 2 atom stereocenters. The smallest absolute Gasteiger partial charge is 0.206 e. The van der Waals surface area contributed by atoms with Gasteiger partial charge in [-0.2, -0.15) is 0 Å². The van der Waals surface area contributed by atoms with Crippen molar-refractivity contribution in [2.45, 2.75) is 56.2 Å². The van der Waals surface area contributed by atoms with Crippen LogP contribution < -0.4 is 5.32 Å². The first-order chi connectivity index (χ1) is 12.9. The molecule has 1 aliphatic rings. The fourth-order valence-electron chi connectivity index (χ4n) is 3.27. The van der Waals surface area contributed by atoms with Crippen molar-refractivity contribution in [1.82, 2.24) is 15.2 Å². The summed E-state index contributed by atoms with van der Waals surface area (Å²) >= 11 is 2.81. The molecule has 3 rings (SSSR count). The lowest BCUT2D eigenvalue weighted by Gasteiger charge is -2.09. The van der Waals surface area contributed by atoms with Crippen LogP contribution in [0, 0.1) is 13.8 Å². The van der Waals surface area contributed by atoms with Crippen molar-refractivity contribution in [2.24, 2.45) is 0 Å². The number of thioether (sulfide) groups is 1. The Hall–Kier alpha value is -1.71. The molecular weight excluding hydrogens is 384 g/mol. The predicted octanol–water partition coefficient (Wildman–Crippen LogP) is 3.64. The zero-order chi connectivity index (χ0) is 19.6. The number of ether oxygens (including phenoxy) is 1. The number of ketones is 2. The first-order valence-electron chi connectivity index (χ1n) is 8.96. The molecule has 7 nitrogen and oxygen atoms in total. The molecule has 3 heterocycles. The molecular formula is C18H24N4O3S2. The Kier molecular flexibility index (Phi) is 6.33. The Balaban J connectivity index is 1.61. The molecule has 146 valence electrons. The highest BCUT2D eigenvalue weighted by molar-refractivity contribution is 8.02. The number of aromatic amines is 1. The molecule has 0 spiro atoms. The molecule has 1 fully saturated rings. The van der Waals surface area contributed by atoms with E-state index >= 15 is 0 Å². The number of H-pyrrole nitrogens is 1. The number of carbonyl (C=O) groups is 2. The Morgan fingerprint density at radius 3 is 2.81 bits per heavy atom. The highest BCUT2D eigenvalue weighted by Crippen LogP contribution is 2.31. The SMILES string of the molecule is CC(=O)c1c(C)[nH]c(C(=O)[C@@H](C)Sc2nnc(NC[C@@H]3CCCO3)s2)c1C. The summed E-state index contributed by atoms with van der Waals surface area (Å²) in [6.45, 7) is 8.53. The van der Waals surface area contributed by atoms with Crippen molar-refractivity contribution in [1.29, 1.82) is 0 Å². The molecule has 0 saturated carbocycles. The summed E-state index contributed by atoms with van der Waals surface area (Å²) in [6.07, 6.45) is 2.41. The van der Waals surface area contributed by atoms with E-state index in [1.54, 1.807) is 0 Å². The Morgan fingerprint density at radius 2 is 2.19 bits per heavy atom. The van der Waals surface area contributed by atoms with Gasteiger partial charge in [-0.1, -0.05) is 23.1 Å². The second kappa shape index (κ2) is 8.53. The molecule has 1 aliphatic heterocycles. The van der Waals surface area contributed by atoms with Crippen LogP contribution in [0.25, 0.3) is 0 Å². The van der Waals surface area contributed by atoms with E-state index in [1.807, 2.05) is 20.8 Å². The van der Waals surface area contributed by atoms with Crippen molar-refractivity contribution in [3.05, 3.63) is 22.5 Å². The fourth-order valence-corrected chi connectivity index (χ4v) is 5.23. The second-order valence-electron chi connectivity index (χ2n) is 6.69. The Bertz CT molecular complexity index is 840. The Labute approximate surface area is 166 Å². The van der Waals surface area contributed by atoms with Crippen LogP contribution in [0.15, 0.2) is 4.34 Å². The zero-order valence-corrected chi connectivity index (χ0v) is 17.6. The van der Waals surface area contributed by atoms with Gasteiger partial charge in [-0.05, 0) is 46.1 Å². The molecule has 27 heavy (non-hydrogen) atoms. The van der Waals surface area contributed by atoms with Gasteiger partial charge in [0.15, 0.2) is 15.9 Å². The normalized spacial score (nSPS) is 17.9. The van der Waals surface area contributed by atoms with Gasteiger partial charge < -0.3 is 15.0 Å². The van der Waals surface area contributed by atoms with E-state index in [-0.39, 0.29) is 22.9 Å². The number of nitrogens with zero attached hydrogens (tertiary/aromatic N) is 2. The van der Waals surface area contributed by atoms with Crippen molar-refractivity contribution in [2.75, 3.05) is 18.5 Å². The lowest BCUT2D eigenvalue weighted by Crippen LogP contribution is -2.18. The maximum absolute atomic E-state index is 12.8. The maximum atomic E-state index is 12.8. The molecule has 2 N–H and O–H groups in total. The predicted molar refractivity (Wildman–Crippen MR) is 107 cm³/mol. The van der Waals surface area contributed by atoms with Gasteiger partial charge in [-0.15, -0.1) is 10.2 Å². The van der Waals surface area contributed by atoms with Gasteiger partial charge in [0.2, 0.25) is 5.13 Å². The number of carbonyl (C=O) groups excluding carboxylic acids is 2. The summed E-state index contributed by atoms with van der Waals surface area (Å²) in [7, 11) is 0. The van der Waals surface area contributed by atoms with Crippen molar-refractivity contribution in [3.63, 3.8) is 0 Å². The van der Waals surface area contributed by atoms with Crippen LogP contribution in [0.5, 0.6) is 0 Å². The standard InChI is InChI=1S/C18H24N4O3S2/c1-9-14(11(3)23)10(2)20-15(9)16(24)12(4)26-18-22-21-17(27-18)19-8-13-6-5-7-25-13/h12-13,20H,5-8H2,1-4H3,(H,19,21)/t12-,13+/m1/s1. The van der Waals surface area contributed by atoms with Crippen LogP contribution in [-0.2, 0) is 4.74 Å². The largest absolute Gasteiger partial charge is 0.376 e. The number of aromatic nitrogens is 3. The van der Waals surface area contributed by atoms with E-state index in [0.29, 0.717) is 16.8 Å². The molecule has 9 heteroatoms. The van der Waals surface area contributed by atoms with Gasteiger partial charge in [0.1, 0.15) is 0 Å².